The molecular formula is C13H15N5O. The van der Waals surface area contributed by atoms with Crippen molar-refractivity contribution in [2.75, 3.05) is 24.6 Å². The maximum atomic E-state index is 11.9. The number of nitrogens with two attached hydrogens (primary N) is 1. The Hall–Kier alpha value is -2.37. The number of benzene rings is 1. The number of anilines is 2. The van der Waals surface area contributed by atoms with Crippen molar-refractivity contribution in [2.45, 2.75) is 12.5 Å². The lowest BCUT2D eigenvalue weighted by molar-refractivity contribution is -0.127. The molecule has 1 amide bonds. The molecule has 1 saturated heterocycles. The zero-order valence-corrected chi connectivity index (χ0v) is 10.6. The van der Waals surface area contributed by atoms with Crippen molar-refractivity contribution >= 4 is 28.6 Å². The molecule has 1 aromatic carbocycles. The largest absolute Gasteiger partial charge is 0.381 e. The molecule has 1 aliphatic rings. The zero-order chi connectivity index (χ0) is 13.4. The third-order valence-electron chi connectivity index (χ3n) is 3.34. The Morgan fingerprint density at radius 2 is 2.00 bits per heavy atom. The van der Waals surface area contributed by atoms with Gasteiger partial charge in [0.15, 0.2) is 11.6 Å². The monoisotopic (exact) mass is 257 g/mol. The second-order valence-electron chi connectivity index (χ2n) is 4.69. The van der Waals surface area contributed by atoms with Gasteiger partial charge < -0.3 is 16.0 Å². The van der Waals surface area contributed by atoms with Crippen LogP contribution in [0.5, 0.6) is 0 Å². The molecule has 19 heavy (non-hydrogen) atoms. The number of carbonyl (C=O) groups is 1. The van der Waals surface area contributed by atoms with Crippen LogP contribution in [0, 0.1) is 0 Å². The molecule has 0 spiro atoms. The Labute approximate surface area is 110 Å². The van der Waals surface area contributed by atoms with E-state index in [9.17, 15) is 4.79 Å². The number of hydrogen-bond donors (Lipinski definition) is 2. The molecule has 1 aromatic heterocycles. The van der Waals surface area contributed by atoms with Gasteiger partial charge in [-0.1, -0.05) is 12.1 Å². The molecule has 1 atom stereocenters. The molecule has 2 heterocycles. The van der Waals surface area contributed by atoms with E-state index < -0.39 is 0 Å². The van der Waals surface area contributed by atoms with Crippen LogP contribution in [0.25, 0.3) is 11.0 Å². The van der Waals surface area contributed by atoms with Gasteiger partial charge >= 0.3 is 0 Å². The lowest BCUT2D eigenvalue weighted by atomic mass is 10.2. The summed E-state index contributed by atoms with van der Waals surface area (Å²) in [5, 5.41) is 3.09. The minimum Gasteiger partial charge on any atom is -0.381 e. The first-order chi connectivity index (χ1) is 9.15. The topological polar surface area (TPSA) is 84.1 Å². The van der Waals surface area contributed by atoms with Gasteiger partial charge in [-0.05, 0) is 18.6 Å². The minimum absolute atomic E-state index is 0.0642. The summed E-state index contributed by atoms with van der Waals surface area (Å²) in [6.07, 6.45) is 0.753. The van der Waals surface area contributed by atoms with Gasteiger partial charge in [-0.25, -0.2) is 9.97 Å². The van der Waals surface area contributed by atoms with Crippen LogP contribution in [-0.4, -0.2) is 40.4 Å². The smallest absolute Gasteiger partial charge is 0.244 e. The van der Waals surface area contributed by atoms with Crippen LogP contribution in [0.3, 0.4) is 0 Å². The average Bonchev–Trinajstić information content (AvgIpc) is 2.71. The van der Waals surface area contributed by atoms with Crippen molar-refractivity contribution in [3.8, 4) is 0 Å². The molecule has 0 bridgehead atoms. The lowest BCUT2D eigenvalue weighted by Gasteiger charge is -2.14. The molecule has 0 radical (unpaired) electrons. The van der Waals surface area contributed by atoms with Crippen molar-refractivity contribution in [1.29, 1.82) is 0 Å². The maximum absolute atomic E-state index is 11.9. The predicted molar refractivity (Wildman–Crippen MR) is 73.6 cm³/mol. The van der Waals surface area contributed by atoms with Gasteiger partial charge in [-0.15, -0.1) is 0 Å². The van der Waals surface area contributed by atoms with Gasteiger partial charge in [0.2, 0.25) is 5.91 Å². The van der Waals surface area contributed by atoms with E-state index in [1.165, 1.54) is 0 Å². The summed E-state index contributed by atoms with van der Waals surface area (Å²) in [5.74, 6) is 0.864. The normalized spacial score (nSPS) is 19.1. The molecule has 1 aliphatic heterocycles. The van der Waals surface area contributed by atoms with Gasteiger partial charge in [0.25, 0.3) is 0 Å². The lowest BCUT2D eigenvalue weighted by Crippen LogP contribution is -2.31. The quantitative estimate of drug-likeness (QED) is 0.833. The third kappa shape index (κ3) is 2.05. The average molecular weight is 257 g/mol. The zero-order valence-electron chi connectivity index (χ0n) is 10.6. The maximum Gasteiger partial charge on any atom is 0.244 e. The first kappa shape index (κ1) is 11.7. The molecule has 1 fully saturated rings. The number of fused-ring (bicyclic) bond motifs is 1. The van der Waals surface area contributed by atoms with E-state index in [4.69, 9.17) is 5.73 Å². The molecule has 6 nitrogen and oxygen atoms in total. The van der Waals surface area contributed by atoms with Gasteiger partial charge in [0, 0.05) is 13.6 Å². The van der Waals surface area contributed by atoms with E-state index in [1.54, 1.807) is 11.9 Å². The molecule has 3 rings (SSSR count). The summed E-state index contributed by atoms with van der Waals surface area (Å²) in [7, 11) is 1.79. The standard InChI is InChI=1S/C13H15N5O/c1-18-7-6-10(13(18)19)17-12-11(14)15-8-4-2-3-5-9(8)16-12/h2-5,10H,6-7H2,1H3,(H2,14,15)(H,16,17). The Balaban J connectivity index is 1.92. The van der Waals surface area contributed by atoms with Crippen LogP contribution in [0.15, 0.2) is 24.3 Å². The number of hydrogen-bond acceptors (Lipinski definition) is 5. The van der Waals surface area contributed by atoms with Crippen molar-refractivity contribution in [1.82, 2.24) is 14.9 Å². The van der Waals surface area contributed by atoms with Gasteiger partial charge in [0.05, 0.1) is 11.0 Å². The SMILES string of the molecule is CN1CCC(Nc2nc3ccccc3nc2N)C1=O. The number of likely N-dealkylation sites (tertiary alicyclic amines) is 1. The Morgan fingerprint density at radius 3 is 2.63 bits per heavy atom. The Kier molecular flexibility index (Phi) is 2.70. The van der Waals surface area contributed by atoms with E-state index in [0.29, 0.717) is 11.6 Å². The highest BCUT2D eigenvalue weighted by Crippen LogP contribution is 2.21. The summed E-state index contributed by atoms with van der Waals surface area (Å²) in [6, 6.07) is 7.25. The van der Waals surface area contributed by atoms with Crippen molar-refractivity contribution in [3.63, 3.8) is 0 Å². The summed E-state index contributed by atoms with van der Waals surface area (Å²) in [6.45, 7) is 0.747. The van der Waals surface area contributed by atoms with Crippen LogP contribution in [0.1, 0.15) is 6.42 Å². The fraction of sp³-hybridized carbons (Fsp3) is 0.308. The predicted octanol–water partition coefficient (Wildman–Crippen LogP) is 0.855. The van der Waals surface area contributed by atoms with E-state index in [-0.39, 0.29) is 11.9 Å². The third-order valence-corrected chi connectivity index (χ3v) is 3.34. The number of para-hydroxylation sites is 2. The molecule has 6 heteroatoms. The number of nitrogens with zero attached hydrogens (tertiary/aromatic N) is 3. The van der Waals surface area contributed by atoms with E-state index in [0.717, 1.165) is 24.0 Å². The number of rotatable bonds is 2. The second kappa shape index (κ2) is 4.38. The summed E-state index contributed by atoms with van der Waals surface area (Å²) >= 11 is 0. The first-order valence-corrected chi connectivity index (χ1v) is 6.19. The minimum atomic E-state index is -0.261. The van der Waals surface area contributed by atoms with Crippen molar-refractivity contribution in [3.05, 3.63) is 24.3 Å². The van der Waals surface area contributed by atoms with Crippen molar-refractivity contribution in [2.24, 2.45) is 0 Å². The Morgan fingerprint density at radius 1 is 1.32 bits per heavy atom. The number of amides is 1. The van der Waals surface area contributed by atoms with Gasteiger partial charge in [-0.3, -0.25) is 4.79 Å². The van der Waals surface area contributed by atoms with Gasteiger partial charge in [0.1, 0.15) is 6.04 Å². The number of nitrogen functional groups attached to an aromatic ring is 1. The van der Waals surface area contributed by atoms with Gasteiger partial charge in [-0.2, -0.15) is 0 Å². The fourth-order valence-corrected chi connectivity index (χ4v) is 2.24. The van der Waals surface area contributed by atoms with E-state index in [2.05, 4.69) is 15.3 Å². The van der Waals surface area contributed by atoms with Crippen LogP contribution in [0.4, 0.5) is 11.6 Å². The number of carbonyl (C=O) groups excluding carboxylic acids is 1. The molecule has 3 N–H and O–H groups in total. The van der Waals surface area contributed by atoms with Crippen LogP contribution < -0.4 is 11.1 Å². The molecule has 2 aromatic rings. The van der Waals surface area contributed by atoms with E-state index in [1.807, 2.05) is 24.3 Å². The molecular weight excluding hydrogens is 242 g/mol. The Bertz CT molecular complexity index is 642. The highest BCUT2D eigenvalue weighted by Gasteiger charge is 2.29. The molecule has 0 aliphatic carbocycles. The van der Waals surface area contributed by atoms with E-state index >= 15 is 0 Å². The molecule has 1 unspecified atom stereocenters. The number of likely N-dealkylation sites (N-methyl/N-ethyl adjacent to an activating group) is 1. The number of aromatic nitrogens is 2. The second-order valence-corrected chi connectivity index (χ2v) is 4.69. The fourth-order valence-electron chi connectivity index (χ4n) is 2.24. The summed E-state index contributed by atoms with van der Waals surface area (Å²) in [5.41, 5.74) is 7.40. The molecule has 98 valence electrons. The summed E-state index contributed by atoms with van der Waals surface area (Å²) < 4.78 is 0. The highest BCUT2D eigenvalue weighted by molar-refractivity contribution is 5.88. The first-order valence-electron chi connectivity index (χ1n) is 6.19. The van der Waals surface area contributed by atoms with Crippen LogP contribution >= 0.6 is 0 Å². The molecule has 0 saturated carbocycles. The van der Waals surface area contributed by atoms with Crippen molar-refractivity contribution < 1.29 is 4.79 Å². The highest BCUT2D eigenvalue weighted by atomic mass is 16.2. The van der Waals surface area contributed by atoms with Crippen LogP contribution in [0.2, 0.25) is 0 Å². The summed E-state index contributed by atoms with van der Waals surface area (Å²) in [4.78, 5) is 22.3. The number of nitrogens with one attached hydrogen (secondary N) is 1. The van der Waals surface area contributed by atoms with Crippen LogP contribution in [-0.2, 0) is 4.79 Å².